The number of carbonyl (C=O) groups is 1. The van der Waals surface area contributed by atoms with Crippen LogP contribution >= 0.6 is 0 Å². The first-order valence-electron chi connectivity index (χ1n) is 9.67. The SMILES string of the molecule is CC[C@H](C)CN1C[C@@H]2C(=O)NC3(CCN(c4ncccn4)CC3)[C@@H]2C1. The topological polar surface area (TPSA) is 61.4 Å². The Balaban J connectivity index is 1.44. The van der Waals surface area contributed by atoms with Crippen LogP contribution in [-0.2, 0) is 4.79 Å². The van der Waals surface area contributed by atoms with Crippen molar-refractivity contribution >= 4 is 11.9 Å². The highest BCUT2D eigenvalue weighted by Gasteiger charge is 2.57. The number of likely N-dealkylation sites (tertiary alicyclic amines) is 1. The Morgan fingerprint density at radius 2 is 2.00 bits per heavy atom. The second kappa shape index (κ2) is 6.56. The zero-order valence-corrected chi connectivity index (χ0v) is 15.3. The highest BCUT2D eigenvalue weighted by molar-refractivity contribution is 5.83. The van der Waals surface area contributed by atoms with Crippen molar-refractivity contribution in [3.05, 3.63) is 18.5 Å². The van der Waals surface area contributed by atoms with Crippen LogP contribution in [-0.4, -0.2) is 59.0 Å². The van der Waals surface area contributed by atoms with Crippen molar-refractivity contribution in [1.82, 2.24) is 20.2 Å². The minimum absolute atomic E-state index is 0.0166. The molecule has 6 nitrogen and oxygen atoms in total. The normalized spacial score (nSPS) is 29.7. The molecule has 0 bridgehead atoms. The summed E-state index contributed by atoms with van der Waals surface area (Å²) in [6.45, 7) is 9.51. The summed E-state index contributed by atoms with van der Waals surface area (Å²) >= 11 is 0. The van der Waals surface area contributed by atoms with Crippen LogP contribution in [0.4, 0.5) is 5.95 Å². The predicted octanol–water partition coefficient (Wildman–Crippen LogP) is 1.54. The van der Waals surface area contributed by atoms with E-state index in [1.807, 2.05) is 6.07 Å². The first-order valence-corrected chi connectivity index (χ1v) is 9.67. The molecule has 0 aromatic carbocycles. The molecular weight excluding hydrogens is 314 g/mol. The molecule has 3 aliphatic heterocycles. The first kappa shape index (κ1) is 16.8. The number of nitrogens with one attached hydrogen (secondary N) is 1. The van der Waals surface area contributed by atoms with Crippen LogP contribution in [0.15, 0.2) is 18.5 Å². The molecular formula is C19H29N5O. The van der Waals surface area contributed by atoms with Gasteiger partial charge in [-0.05, 0) is 24.8 Å². The molecule has 25 heavy (non-hydrogen) atoms. The lowest BCUT2D eigenvalue weighted by Crippen LogP contribution is -2.55. The number of fused-ring (bicyclic) bond motifs is 2. The van der Waals surface area contributed by atoms with E-state index in [2.05, 4.69) is 38.9 Å². The number of hydrogen-bond acceptors (Lipinski definition) is 5. The molecule has 0 unspecified atom stereocenters. The lowest BCUT2D eigenvalue weighted by atomic mass is 9.75. The lowest BCUT2D eigenvalue weighted by Gasteiger charge is -2.42. The van der Waals surface area contributed by atoms with Crippen molar-refractivity contribution < 1.29 is 4.79 Å². The molecule has 1 spiro atoms. The lowest BCUT2D eigenvalue weighted by molar-refractivity contribution is -0.123. The summed E-state index contributed by atoms with van der Waals surface area (Å²) in [6.07, 6.45) is 6.79. The number of hydrogen-bond donors (Lipinski definition) is 1. The van der Waals surface area contributed by atoms with Gasteiger partial charge in [0.15, 0.2) is 0 Å². The smallest absolute Gasteiger partial charge is 0.225 e. The Morgan fingerprint density at radius 3 is 2.68 bits per heavy atom. The van der Waals surface area contributed by atoms with Crippen LogP contribution in [0.25, 0.3) is 0 Å². The summed E-state index contributed by atoms with van der Waals surface area (Å²) in [5.41, 5.74) is -0.0166. The van der Waals surface area contributed by atoms with Crippen LogP contribution in [0.3, 0.4) is 0 Å². The number of carbonyl (C=O) groups excluding carboxylic acids is 1. The van der Waals surface area contributed by atoms with Gasteiger partial charge < -0.3 is 15.1 Å². The Labute approximate surface area is 150 Å². The van der Waals surface area contributed by atoms with E-state index in [4.69, 9.17) is 0 Å². The number of amides is 1. The van der Waals surface area contributed by atoms with E-state index in [-0.39, 0.29) is 17.4 Å². The fourth-order valence-electron chi connectivity index (χ4n) is 4.92. The van der Waals surface area contributed by atoms with Crippen LogP contribution < -0.4 is 10.2 Å². The largest absolute Gasteiger partial charge is 0.350 e. The van der Waals surface area contributed by atoms with Gasteiger partial charge in [0.1, 0.15) is 0 Å². The molecule has 1 N–H and O–H groups in total. The highest BCUT2D eigenvalue weighted by Crippen LogP contribution is 2.44. The summed E-state index contributed by atoms with van der Waals surface area (Å²) in [5, 5.41) is 3.40. The van der Waals surface area contributed by atoms with Gasteiger partial charge in [-0.3, -0.25) is 4.79 Å². The molecule has 0 saturated carbocycles. The second-order valence-electron chi connectivity index (χ2n) is 8.13. The van der Waals surface area contributed by atoms with Gasteiger partial charge in [0.25, 0.3) is 0 Å². The predicted molar refractivity (Wildman–Crippen MR) is 97.2 cm³/mol. The van der Waals surface area contributed by atoms with Gasteiger partial charge in [0.2, 0.25) is 11.9 Å². The molecule has 1 amide bonds. The average Bonchev–Trinajstić information content (AvgIpc) is 3.16. The van der Waals surface area contributed by atoms with Crippen LogP contribution in [0.2, 0.25) is 0 Å². The van der Waals surface area contributed by atoms with E-state index in [1.54, 1.807) is 12.4 Å². The van der Waals surface area contributed by atoms with Gasteiger partial charge in [-0.25, -0.2) is 9.97 Å². The number of piperidine rings is 1. The molecule has 1 aromatic rings. The van der Waals surface area contributed by atoms with Crippen molar-refractivity contribution in [3.8, 4) is 0 Å². The van der Waals surface area contributed by atoms with Crippen LogP contribution in [0.5, 0.6) is 0 Å². The maximum atomic E-state index is 12.6. The van der Waals surface area contributed by atoms with Gasteiger partial charge in [-0.1, -0.05) is 20.3 Å². The van der Waals surface area contributed by atoms with E-state index in [0.29, 0.717) is 11.8 Å². The van der Waals surface area contributed by atoms with E-state index >= 15 is 0 Å². The number of rotatable bonds is 4. The molecule has 4 rings (SSSR count). The first-order chi connectivity index (χ1) is 12.1. The third kappa shape index (κ3) is 3.01. The fraction of sp³-hybridized carbons (Fsp3) is 0.737. The average molecular weight is 343 g/mol. The fourth-order valence-corrected chi connectivity index (χ4v) is 4.92. The molecule has 3 atom stereocenters. The minimum Gasteiger partial charge on any atom is -0.350 e. The van der Waals surface area contributed by atoms with Crippen LogP contribution in [0, 0.1) is 17.8 Å². The van der Waals surface area contributed by atoms with Crippen molar-refractivity contribution in [2.45, 2.75) is 38.6 Å². The van der Waals surface area contributed by atoms with Gasteiger partial charge in [-0.2, -0.15) is 0 Å². The summed E-state index contributed by atoms with van der Waals surface area (Å²) in [6, 6.07) is 1.85. The second-order valence-corrected chi connectivity index (χ2v) is 8.13. The van der Waals surface area contributed by atoms with Crippen molar-refractivity contribution in [2.24, 2.45) is 17.8 Å². The zero-order valence-electron chi connectivity index (χ0n) is 15.3. The van der Waals surface area contributed by atoms with E-state index in [0.717, 1.165) is 51.5 Å². The minimum atomic E-state index is -0.0166. The van der Waals surface area contributed by atoms with Gasteiger partial charge in [0, 0.05) is 56.6 Å². The van der Waals surface area contributed by atoms with Gasteiger partial charge in [-0.15, -0.1) is 0 Å². The van der Waals surface area contributed by atoms with Gasteiger partial charge >= 0.3 is 0 Å². The van der Waals surface area contributed by atoms with Crippen molar-refractivity contribution in [1.29, 1.82) is 0 Å². The van der Waals surface area contributed by atoms with E-state index in [9.17, 15) is 4.79 Å². The maximum Gasteiger partial charge on any atom is 0.225 e. The monoisotopic (exact) mass is 343 g/mol. The molecule has 3 fully saturated rings. The quantitative estimate of drug-likeness (QED) is 0.899. The Kier molecular flexibility index (Phi) is 4.40. The summed E-state index contributed by atoms with van der Waals surface area (Å²) in [5.74, 6) is 2.44. The standard InChI is InChI=1S/C19H29N5O/c1-3-14(2)11-23-12-15-16(13-23)19(22-17(15)25)5-9-24(10-6-19)18-20-7-4-8-21-18/h4,7-8,14-16H,3,5-6,9-13H2,1-2H3,(H,22,25)/t14-,15-,16+/m0/s1. The van der Waals surface area contributed by atoms with Crippen molar-refractivity contribution in [2.75, 3.05) is 37.6 Å². The molecule has 6 heteroatoms. The van der Waals surface area contributed by atoms with Gasteiger partial charge in [0.05, 0.1) is 5.92 Å². The Hall–Kier alpha value is -1.69. The summed E-state index contributed by atoms with van der Waals surface area (Å²) in [4.78, 5) is 26.1. The maximum absolute atomic E-state index is 12.6. The molecule has 3 saturated heterocycles. The molecule has 3 aliphatic rings. The number of nitrogens with zero attached hydrogens (tertiary/aromatic N) is 4. The van der Waals surface area contributed by atoms with Crippen LogP contribution in [0.1, 0.15) is 33.1 Å². The summed E-state index contributed by atoms with van der Waals surface area (Å²) < 4.78 is 0. The molecule has 4 heterocycles. The van der Waals surface area contributed by atoms with Crippen molar-refractivity contribution in [3.63, 3.8) is 0 Å². The molecule has 0 radical (unpaired) electrons. The molecule has 0 aliphatic carbocycles. The number of aromatic nitrogens is 2. The summed E-state index contributed by atoms with van der Waals surface area (Å²) in [7, 11) is 0. The third-order valence-electron chi connectivity index (χ3n) is 6.57. The zero-order chi connectivity index (χ0) is 17.4. The molecule has 1 aromatic heterocycles. The van der Waals surface area contributed by atoms with E-state index in [1.165, 1.54) is 6.42 Å². The Morgan fingerprint density at radius 1 is 1.28 bits per heavy atom. The Bertz CT molecular complexity index is 614. The highest BCUT2D eigenvalue weighted by atomic mass is 16.2. The third-order valence-corrected chi connectivity index (χ3v) is 6.57. The molecule has 136 valence electrons. The number of anilines is 1. The van der Waals surface area contributed by atoms with E-state index < -0.39 is 0 Å².